The standard InChI is InChI=1S/C8H15N3O2/c1-6(2)9-4-7-10-11-8(13-7)5-12-3/h6,9H,4-5H2,1-3H3. The average Bonchev–Trinajstić information content (AvgIpc) is 2.50. The first kappa shape index (κ1) is 10.1. The van der Waals surface area contributed by atoms with Crippen molar-refractivity contribution in [3.05, 3.63) is 11.8 Å². The Hall–Kier alpha value is -0.940. The van der Waals surface area contributed by atoms with E-state index in [0.29, 0.717) is 31.0 Å². The molecule has 0 aliphatic rings. The topological polar surface area (TPSA) is 60.2 Å². The Kier molecular flexibility index (Phi) is 3.85. The molecule has 0 atom stereocenters. The molecular weight excluding hydrogens is 170 g/mol. The Morgan fingerprint density at radius 3 is 2.69 bits per heavy atom. The van der Waals surface area contributed by atoms with E-state index in [1.165, 1.54) is 0 Å². The first-order chi connectivity index (χ1) is 6.22. The van der Waals surface area contributed by atoms with Gasteiger partial charge in [-0.1, -0.05) is 13.8 Å². The molecule has 1 aromatic rings. The summed E-state index contributed by atoms with van der Waals surface area (Å²) in [5, 5.41) is 10.8. The van der Waals surface area contributed by atoms with E-state index < -0.39 is 0 Å². The summed E-state index contributed by atoms with van der Waals surface area (Å²) < 4.78 is 10.1. The number of methoxy groups -OCH3 is 1. The number of hydrogen-bond donors (Lipinski definition) is 1. The van der Waals surface area contributed by atoms with Crippen molar-refractivity contribution in [1.82, 2.24) is 15.5 Å². The minimum Gasteiger partial charge on any atom is -0.421 e. The van der Waals surface area contributed by atoms with E-state index in [4.69, 9.17) is 9.15 Å². The number of nitrogens with one attached hydrogen (secondary N) is 1. The molecule has 5 heteroatoms. The lowest BCUT2D eigenvalue weighted by Crippen LogP contribution is -2.21. The van der Waals surface area contributed by atoms with Crippen LogP contribution in [0.25, 0.3) is 0 Å². The first-order valence-corrected chi connectivity index (χ1v) is 4.26. The Bertz CT molecular complexity index is 247. The van der Waals surface area contributed by atoms with E-state index in [1.54, 1.807) is 7.11 Å². The van der Waals surface area contributed by atoms with E-state index in [9.17, 15) is 0 Å². The van der Waals surface area contributed by atoms with Gasteiger partial charge in [0.2, 0.25) is 11.8 Å². The minimum absolute atomic E-state index is 0.370. The van der Waals surface area contributed by atoms with E-state index in [0.717, 1.165) is 0 Å². The van der Waals surface area contributed by atoms with Gasteiger partial charge in [-0.05, 0) is 0 Å². The van der Waals surface area contributed by atoms with Crippen molar-refractivity contribution in [2.24, 2.45) is 0 Å². The Morgan fingerprint density at radius 2 is 2.08 bits per heavy atom. The molecule has 0 saturated heterocycles. The van der Waals surface area contributed by atoms with Gasteiger partial charge in [-0.25, -0.2) is 0 Å². The van der Waals surface area contributed by atoms with Crippen molar-refractivity contribution in [3.63, 3.8) is 0 Å². The summed E-state index contributed by atoms with van der Waals surface area (Å²) in [6.07, 6.45) is 0. The fourth-order valence-electron chi connectivity index (χ4n) is 0.833. The third-order valence-electron chi connectivity index (χ3n) is 1.44. The van der Waals surface area contributed by atoms with Crippen LogP contribution in [0.5, 0.6) is 0 Å². The number of aromatic nitrogens is 2. The van der Waals surface area contributed by atoms with E-state index in [2.05, 4.69) is 29.4 Å². The SMILES string of the molecule is COCc1nnc(CNC(C)C)o1. The molecule has 5 nitrogen and oxygen atoms in total. The summed E-state index contributed by atoms with van der Waals surface area (Å²) in [6.45, 7) is 5.10. The Morgan fingerprint density at radius 1 is 1.38 bits per heavy atom. The normalized spacial score (nSPS) is 11.1. The molecule has 0 spiro atoms. The Labute approximate surface area is 77.5 Å². The zero-order valence-corrected chi connectivity index (χ0v) is 8.20. The van der Waals surface area contributed by atoms with Crippen LogP contribution in [0.1, 0.15) is 25.6 Å². The van der Waals surface area contributed by atoms with Crippen LogP contribution in [-0.2, 0) is 17.9 Å². The zero-order valence-electron chi connectivity index (χ0n) is 8.20. The fourth-order valence-corrected chi connectivity index (χ4v) is 0.833. The second-order valence-corrected chi connectivity index (χ2v) is 3.06. The summed E-state index contributed by atoms with van der Waals surface area (Å²) >= 11 is 0. The Balaban J connectivity index is 2.39. The molecule has 1 aromatic heterocycles. The predicted molar refractivity (Wildman–Crippen MR) is 47.0 cm³/mol. The van der Waals surface area contributed by atoms with Gasteiger partial charge < -0.3 is 14.5 Å². The molecule has 0 radical (unpaired) electrons. The molecule has 0 bridgehead atoms. The predicted octanol–water partition coefficient (Wildman–Crippen LogP) is 0.714. The highest BCUT2D eigenvalue weighted by Gasteiger charge is 2.05. The molecule has 0 aliphatic heterocycles. The molecule has 0 amide bonds. The first-order valence-electron chi connectivity index (χ1n) is 4.26. The van der Waals surface area contributed by atoms with Gasteiger partial charge in [-0.2, -0.15) is 0 Å². The highest BCUT2D eigenvalue weighted by molar-refractivity contribution is 4.79. The molecular formula is C8H15N3O2. The second-order valence-electron chi connectivity index (χ2n) is 3.06. The highest BCUT2D eigenvalue weighted by atomic mass is 16.5. The monoisotopic (exact) mass is 185 g/mol. The van der Waals surface area contributed by atoms with Gasteiger partial charge in [-0.3, -0.25) is 0 Å². The molecule has 13 heavy (non-hydrogen) atoms. The third kappa shape index (κ3) is 3.52. The number of ether oxygens (including phenoxy) is 1. The van der Waals surface area contributed by atoms with Crippen molar-refractivity contribution in [1.29, 1.82) is 0 Å². The van der Waals surface area contributed by atoms with Crippen molar-refractivity contribution in [2.75, 3.05) is 7.11 Å². The fraction of sp³-hybridized carbons (Fsp3) is 0.750. The average molecular weight is 185 g/mol. The van der Waals surface area contributed by atoms with Crippen LogP contribution >= 0.6 is 0 Å². The van der Waals surface area contributed by atoms with Crippen molar-refractivity contribution in [2.45, 2.75) is 33.0 Å². The van der Waals surface area contributed by atoms with Crippen molar-refractivity contribution in [3.8, 4) is 0 Å². The number of nitrogens with zero attached hydrogens (tertiary/aromatic N) is 2. The maximum Gasteiger partial charge on any atom is 0.242 e. The summed E-state index contributed by atoms with van der Waals surface area (Å²) in [6, 6.07) is 0.415. The van der Waals surface area contributed by atoms with Gasteiger partial charge in [-0.15, -0.1) is 10.2 Å². The molecule has 0 aromatic carbocycles. The van der Waals surface area contributed by atoms with Gasteiger partial charge in [0, 0.05) is 13.2 Å². The van der Waals surface area contributed by atoms with Crippen LogP contribution in [0.2, 0.25) is 0 Å². The molecule has 74 valence electrons. The van der Waals surface area contributed by atoms with Gasteiger partial charge >= 0.3 is 0 Å². The van der Waals surface area contributed by atoms with Crippen LogP contribution < -0.4 is 5.32 Å². The van der Waals surface area contributed by atoms with Gasteiger partial charge in [0.25, 0.3) is 0 Å². The molecule has 1 heterocycles. The maximum atomic E-state index is 5.26. The molecule has 0 unspecified atom stereocenters. The van der Waals surface area contributed by atoms with E-state index in [-0.39, 0.29) is 0 Å². The van der Waals surface area contributed by atoms with Gasteiger partial charge in [0.1, 0.15) is 6.61 Å². The molecule has 0 saturated carbocycles. The molecule has 1 rings (SSSR count). The van der Waals surface area contributed by atoms with Crippen LogP contribution in [-0.4, -0.2) is 23.3 Å². The molecule has 1 N–H and O–H groups in total. The van der Waals surface area contributed by atoms with Crippen LogP contribution in [0.3, 0.4) is 0 Å². The van der Waals surface area contributed by atoms with Crippen molar-refractivity contribution >= 4 is 0 Å². The summed E-state index contributed by atoms with van der Waals surface area (Å²) in [5.74, 6) is 1.11. The highest BCUT2D eigenvalue weighted by Crippen LogP contribution is 2.00. The molecule has 0 aliphatic carbocycles. The zero-order chi connectivity index (χ0) is 9.68. The lowest BCUT2D eigenvalue weighted by atomic mass is 10.4. The number of rotatable bonds is 5. The summed E-state index contributed by atoms with van der Waals surface area (Å²) in [4.78, 5) is 0. The van der Waals surface area contributed by atoms with Crippen molar-refractivity contribution < 1.29 is 9.15 Å². The summed E-state index contributed by atoms with van der Waals surface area (Å²) in [7, 11) is 1.59. The lowest BCUT2D eigenvalue weighted by Gasteiger charge is -2.03. The van der Waals surface area contributed by atoms with Crippen LogP contribution in [0.15, 0.2) is 4.42 Å². The molecule has 0 fully saturated rings. The van der Waals surface area contributed by atoms with Crippen LogP contribution in [0, 0.1) is 0 Å². The van der Waals surface area contributed by atoms with Gasteiger partial charge in [0.15, 0.2) is 0 Å². The third-order valence-corrected chi connectivity index (χ3v) is 1.44. The van der Waals surface area contributed by atoms with E-state index >= 15 is 0 Å². The largest absolute Gasteiger partial charge is 0.421 e. The smallest absolute Gasteiger partial charge is 0.242 e. The minimum atomic E-state index is 0.370. The quantitative estimate of drug-likeness (QED) is 0.732. The number of hydrogen-bond acceptors (Lipinski definition) is 5. The van der Waals surface area contributed by atoms with Crippen LogP contribution in [0.4, 0.5) is 0 Å². The van der Waals surface area contributed by atoms with E-state index in [1.807, 2.05) is 0 Å². The second kappa shape index (κ2) is 4.94. The maximum absolute atomic E-state index is 5.26. The van der Waals surface area contributed by atoms with Gasteiger partial charge in [0.05, 0.1) is 6.54 Å². The lowest BCUT2D eigenvalue weighted by molar-refractivity contribution is 0.157. The summed E-state index contributed by atoms with van der Waals surface area (Å²) in [5.41, 5.74) is 0.